The first kappa shape index (κ1) is 15.2. The van der Waals surface area contributed by atoms with Crippen LogP contribution in [-0.2, 0) is 17.0 Å². The van der Waals surface area contributed by atoms with Crippen LogP contribution in [-0.4, -0.2) is 20.2 Å². The summed E-state index contributed by atoms with van der Waals surface area (Å²) in [7, 11) is -1.68. The molecule has 0 radical (unpaired) electrons. The van der Waals surface area contributed by atoms with Crippen LogP contribution < -0.4 is 11.3 Å². The van der Waals surface area contributed by atoms with Crippen LogP contribution in [0.2, 0.25) is 0 Å². The Labute approximate surface area is 119 Å². The fourth-order valence-corrected chi connectivity index (χ4v) is 2.45. The van der Waals surface area contributed by atoms with Gasteiger partial charge in [-0.3, -0.25) is 9.00 Å². The lowest BCUT2D eigenvalue weighted by Gasteiger charge is -2.11. The SMILES string of the molecule is CS(=O)c1c(N)cnn(-c2cccc(C(F)(F)F)c2)c1=O. The monoisotopic (exact) mass is 317 g/mol. The summed E-state index contributed by atoms with van der Waals surface area (Å²) in [5.41, 5.74) is 3.65. The molecule has 0 fully saturated rings. The van der Waals surface area contributed by atoms with Crippen molar-refractivity contribution in [2.45, 2.75) is 11.1 Å². The van der Waals surface area contributed by atoms with Crippen molar-refractivity contribution >= 4 is 16.5 Å². The van der Waals surface area contributed by atoms with E-state index in [-0.39, 0.29) is 16.3 Å². The van der Waals surface area contributed by atoms with Crippen LogP contribution >= 0.6 is 0 Å². The molecular weight excluding hydrogens is 307 g/mol. The van der Waals surface area contributed by atoms with Crippen LogP contribution in [0.25, 0.3) is 5.69 Å². The van der Waals surface area contributed by atoms with Crippen molar-refractivity contribution in [1.82, 2.24) is 9.78 Å². The summed E-state index contributed by atoms with van der Waals surface area (Å²) in [5.74, 6) is 0. The van der Waals surface area contributed by atoms with Gasteiger partial charge in [-0.2, -0.15) is 23.0 Å². The molecule has 0 aliphatic rings. The Hall–Kier alpha value is -2.16. The first-order chi connectivity index (χ1) is 9.71. The molecule has 2 aromatic rings. The first-order valence-electron chi connectivity index (χ1n) is 5.60. The van der Waals surface area contributed by atoms with Crippen LogP contribution in [0.1, 0.15) is 5.56 Å². The highest BCUT2D eigenvalue weighted by molar-refractivity contribution is 7.84. The highest BCUT2D eigenvalue weighted by atomic mass is 32.2. The van der Waals surface area contributed by atoms with Gasteiger partial charge in [0, 0.05) is 6.26 Å². The number of anilines is 1. The van der Waals surface area contributed by atoms with Crippen LogP contribution in [0.4, 0.5) is 18.9 Å². The minimum Gasteiger partial charge on any atom is -0.396 e. The van der Waals surface area contributed by atoms with Crippen LogP contribution in [0.15, 0.2) is 40.2 Å². The van der Waals surface area contributed by atoms with Gasteiger partial charge < -0.3 is 5.73 Å². The summed E-state index contributed by atoms with van der Waals surface area (Å²) in [6.07, 6.45) is -2.20. The van der Waals surface area contributed by atoms with Crippen molar-refractivity contribution in [1.29, 1.82) is 0 Å². The normalized spacial score (nSPS) is 13.1. The van der Waals surface area contributed by atoms with E-state index in [1.54, 1.807) is 0 Å². The Morgan fingerprint density at radius 1 is 1.33 bits per heavy atom. The van der Waals surface area contributed by atoms with E-state index < -0.39 is 28.1 Å². The van der Waals surface area contributed by atoms with Gasteiger partial charge in [-0.15, -0.1) is 0 Å². The summed E-state index contributed by atoms with van der Waals surface area (Å²) in [4.78, 5) is 11.9. The van der Waals surface area contributed by atoms with Crippen molar-refractivity contribution < 1.29 is 17.4 Å². The number of benzene rings is 1. The lowest BCUT2D eigenvalue weighted by Crippen LogP contribution is -2.26. The van der Waals surface area contributed by atoms with Crippen molar-refractivity contribution in [3.05, 3.63) is 46.4 Å². The van der Waals surface area contributed by atoms with Crippen molar-refractivity contribution in [3.63, 3.8) is 0 Å². The summed E-state index contributed by atoms with van der Waals surface area (Å²) in [6, 6.07) is 4.12. The van der Waals surface area contributed by atoms with Crippen molar-refractivity contribution in [3.8, 4) is 5.69 Å². The van der Waals surface area contributed by atoms with Crippen LogP contribution in [0, 0.1) is 0 Å². The van der Waals surface area contributed by atoms with Gasteiger partial charge in [0.1, 0.15) is 4.90 Å². The third-order valence-electron chi connectivity index (χ3n) is 2.67. The van der Waals surface area contributed by atoms with E-state index in [2.05, 4.69) is 5.10 Å². The predicted octanol–water partition coefficient (Wildman–Crippen LogP) is 1.57. The Balaban J connectivity index is 2.66. The molecule has 0 bridgehead atoms. The van der Waals surface area contributed by atoms with Crippen molar-refractivity contribution in [2.75, 3.05) is 12.0 Å². The zero-order valence-corrected chi connectivity index (χ0v) is 11.5. The molecule has 0 saturated heterocycles. The van der Waals surface area contributed by atoms with E-state index in [0.29, 0.717) is 0 Å². The number of rotatable bonds is 2. The molecule has 0 saturated carbocycles. The number of alkyl halides is 3. The molecule has 0 amide bonds. The van der Waals surface area contributed by atoms with Crippen LogP contribution in [0.5, 0.6) is 0 Å². The van der Waals surface area contributed by atoms with Gasteiger partial charge >= 0.3 is 6.18 Å². The average molecular weight is 317 g/mol. The van der Waals surface area contributed by atoms with E-state index in [9.17, 15) is 22.2 Å². The number of nitrogens with zero attached hydrogens (tertiary/aromatic N) is 2. The molecule has 0 aliphatic carbocycles. The number of nitrogens with two attached hydrogens (primary N) is 1. The quantitative estimate of drug-likeness (QED) is 0.912. The van der Waals surface area contributed by atoms with Crippen LogP contribution in [0.3, 0.4) is 0 Å². The maximum absolute atomic E-state index is 12.7. The van der Waals surface area contributed by atoms with Gasteiger partial charge in [-0.25, -0.2) is 0 Å². The van der Waals surface area contributed by atoms with Gasteiger partial charge in [0.15, 0.2) is 0 Å². The van der Waals surface area contributed by atoms with E-state index in [1.165, 1.54) is 12.3 Å². The number of hydrogen-bond acceptors (Lipinski definition) is 4. The van der Waals surface area contributed by atoms with E-state index in [0.717, 1.165) is 29.1 Å². The molecule has 0 aliphatic heterocycles. The molecule has 21 heavy (non-hydrogen) atoms. The van der Waals surface area contributed by atoms with E-state index >= 15 is 0 Å². The summed E-state index contributed by atoms with van der Waals surface area (Å²) < 4.78 is 50.3. The predicted molar refractivity (Wildman–Crippen MR) is 71.6 cm³/mol. The third-order valence-corrected chi connectivity index (χ3v) is 3.65. The Morgan fingerprint density at radius 3 is 2.57 bits per heavy atom. The Morgan fingerprint density at radius 2 is 2.00 bits per heavy atom. The maximum atomic E-state index is 12.7. The molecule has 1 atom stereocenters. The minimum atomic E-state index is -4.54. The topological polar surface area (TPSA) is 78.0 Å². The second-order valence-electron chi connectivity index (χ2n) is 4.15. The molecule has 1 aromatic heterocycles. The molecule has 112 valence electrons. The van der Waals surface area contributed by atoms with E-state index in [1.807, 2.05) is 0 Å². The van der Waals surface area contributed by atoms with Crippen molar-refractivity contribution in [2.24, 2.45) is 0 Å². The largest absolute Gasteiger partial charge is 0.416 e. The minimum absolute atomic E-state index is 0.0657. The molecule has 1 unspecified atom stereocenters. The van der Waals surface area contributed by atoms with Gasteiger partial charge in [-0.05, 0) is 18.2 Å². The number of aromatic nitrogens is 2. The van der Waals surface area contributed by atoms with E-state index in [4.69, 9.17) is 5.73 Å². The van der Waals surface area contributed by atoms with Gasteiger partial charge in [0.2, 0.25) is 0 Å². The van der Waals surface area contributed by atoms with Gasteiger partial charge in [-0.1, -0.05) is 6.07 Å². The smallest absolute Gasteiger partial charge is 0.396 e. The summed E-state index contributed by atoms with van der Waals surface area (Å²) in [6.45, 7) is 0. The maximum Gasteiger partial charge on any atom is 0.416 e. The standard InChI is InChI=1S/C12H10F3N3O2S/c1-21(20)10-9(16)6-17-18(11(10)19)8-4-2-3-7(5-8)12(13,14)15/h2-6H,16H2,1H3. The fraction of sp³-hybridized carbons (Fsp3) is 0.167. The van der Waals surface area contributed by atoms with Gasteiger partial charge in [0.25, 0.3) is 5.56 Å². The molecule has 9 heteroatoms. The zero-order valence-electron chi connectivity index (χ0n) is 10.7. The molecule has 2 N–H and O–H groups in total. The lowest BCUT2D eigenvalue weighted by molar-refractivity contribution is -0.137. The molecule has 2 rings (SSSR count). The number of halogens is 3. The molecule has 1 aromatic carbocycles. The highest BCUT2D eigenvalue weighted by Crippen LogP contribution is 2.30. The molecule has 0 spiro atoms. The fourth-order valence-electron chi connectivity index (χ4n) is 1.74. The molecule has 5 nitrogen and oxygen atoms in total. The Kier molecular flexibility index (Phi) is 3.86. The second-order valence-corrected chi connectivity index (χ2v) is 5.46. The highest BCUT2D eigenvalue weighted by Gasteiger charge is 2.30. The Bertz CT molecular complexity index is 771. The zero-order chi connectivity index (χ0) is 15.8. The number of hydrogen-bond donors (Lipinski definition) is 1. The first-order valence-corrected chi connectivity index (χ1v) is 7.16. The number of nitrogen functional groups attached to an aromatic ring is 1. The average Bonchev–Trinajstić information content (AvgIpc) is 2.37. The van der Waals surface area contributed by atoms with Gasteiger partial charge in [0.05, 0.1) is 33.9 Å². The molecular formula is C12H10F3N3O2S. The third kappa shape index (κ3) is 2.97. The second kappa shape index (κ2) is 5.32. The lowest BCUT2D eigenvalue weighted by atomic mass is 10.2. The summed E-state index contributed by atoms with van der Waals surface area (Å²) >= 11 is 0. The summed E-state index contributed by atoms with van der Waals surface area (Å²) in [5, 5.41) is 3.69. The molecule has 1 heterocycles.